The van der Waals surface area contributed by atoms with Crippen molar-refractivity contribution in [3.63, 3.8) is 0 Å². The molecule has 0 aliphatic carbocycles. The molecule has 0 amide bonds. The highest BCUT2D eigenvalue weighted by atomic mass is 35.5. The van der Waals surface area contributed by atoms with Crippen LogP contribution in [0.1, 0.15) is 10.4 Å². The molecule has 1 aromatic heterocycles. The van der Waals surface area contributed by atoms with Crippen molar-refractivity contribution in [1.82, 2.24) is 4.98 Å². The molecule has 0 aliphatic heterocycles. The van der Waals surface area contributed by atoms with Gasteiger partial charge in [0.15, 0.2) is 0 Å². The molecule has 0 bridgehead atoms. The van der Waals surface area contributed by atoms with Gasteiger partial charge < -0.3 is 0 Å². The molecule has 1 nitrogen and oxygen atoms in total. The first kappa shape index (κ1) is 8.12. The molecule has 0 unspecified atom stereocenters. The Kier molecular flexibility index (Phi) is 2.78. The fourth-order valence-electron chi connectivity index (χ4n) is 0.561. The van der Waals surface area contributed by atoms with Crippen LogP contribution in [0.15, 0.2) is 18.3 Å². The maximum atomic E-state index is 5.64. The van der Waals surface area contributed by atoms with Crippen molar-refractivity contribution in [2.75, 3.05) is 0 Å². The van der Waals surface area contributed by atoms with Crippen molar-refractivity contribution in [2.45, 2.75) is 4.84 Å². The van der Waals surface area contributed by atoms with E-state index in [1.807, 2.05) is 0 Å². The molecule has 0 radical (unpaired) electrons. The lowest BCUT2D eigenvalue weighted by molar-refractivity contribution is 1.23. The van der Waals surface area contributed by atoms with E-state index >= 15 is 0 Å². The minimum Gasteiger partial charge on any atom is -0.244 e. The van der Waals surface area contributed by atoms with Crippen LogP contribution in [-0.4, -0.2) is 4.98 Å². The number of rotatable bonds is 1. The average molecular weight is 196 g/mol. The van der Waals surface area contributed by atoms with E-state index in [0.29, 0.717) is 10.7 Å². The topological polar surface area (TPSA) is 12.9 Å². The lowest BCUT2D eigenvalue weighted by Crippen LogP contribution is -1.84. The smallest absolute Gasteiger partial charge is 0.135 e. The zero-order chi connectivity index (χ0) is 7.56. The molecule has 1 heterocycles. The van der Waals surface area contributed by atoms with Crippen molar-refractivity contribution < 1.29 is 0 Å². The van der Waals surface area contributed by atoms with Crippen LogP contribution in [0.3, 0.4) is 0 Å². The van der Waals surface area contributed by atoms with Crippen molar-refractivity contribution in [1.29, 1.82) is 0 Å². The van der Waals surface area contributed by atoms with Gasteiger partial charge in [-0.3, -0.25) is 0 Å². The van der Waals surface area contributed by atoms with Crippen molar-refractivity contribution >= 4 is 34.8 Å². The molecule has 0 saturated heterocycles. The predicted octanol–water partition coefficient (Wildman–Crippen LogP) is 3.21. The Hall–Kier alpha value is 0.0200. The van der Waals surface area contributed by atoms with Gasteiger partial charge in [-0.25, -0.2) is 4.98 Å². The molecule has 0 aromatic carbocycles. The predicted molar refractivity (Wildman–Crippen MR) is 43.7 cm³/mol. The molecule has 1 rings (SSSR count). The Balaban J connectivity index is 3.03. The summed E-state index contributed by atoms with van der Waals surface area (Å²) in [6, 6.07) is 3.47. The quantitative estimate of drug-likeness (QED) is 0.496. The third kappa shape index (κ3) is 1.75. The number of aromatic nitrogens is 1. The number of alkyl halides is 2. The summed E-state index contributed by atoms with van der Waals surface area (Å²) < 4.78 is 0. The van der Waals surface area contributed by atoms with Gasteiger partial charge in [-0.2, -0.15) is 0 Å². The summed E-state index contributed by atoms with van der Waals surface area (Å²) in [5.74, 6) is 0. The van der Waals surface area contributed by atoms with Crippen molar-refractivity contribution in [2.24, 2.45) is 0 Å². The zero-order valence-electron chi connectivity index (χ0n) is 4.89. The minimum atomic E-state index is -0.596. The van der Waals surface area contributed by atoms with E-state index in [9.17, 15) is 0 Å². The van der Waals surface area contributed by atoms with Crippen molar-refractivity contribution in [3.05, 3.63) is 29.0 Å². The monoisotopic (exact) mass is 195 g/mol. The number of hydrogen-bond acceptors (Lipinski definition) is 1. The van der Waals surface area contributed by atoms with Gasteiger partial charge in [-0.15, -0.1) is 0 Å². The van der Waals surface area contributed by atoms with Crippen LogP contribution < -0.4 is 0 Å². The van der Waals surface area contributed by atoms with Gasteiger partial charge in [0.25, 0.3) is 0 Å². The van der Waals surface area contributed by atoms with Gasteiger partial charge in [-0.1, -0.05) is 40.9 Å². The third-order valence-corrected chi connectivity index (χ3v) is 1.81. The Morgan fingerprint density at radius 2 is 2.10 bits per heavy atom. The lowest BCUT2D eigenvalue weighted by atomic mass is 10.3. The van der Waals surface area contributed by atoms with Crippen LogP contribution in [-0.2, 0) is 0 Å². The number of nitrogens with zero attached hydrogens (tertiary/aromatic N) is 1. The normalized spacial score (nSPS) is 10.4. The second-order valence-corrected chi connectivity index (χ2v) is 3.14. The van der Waals surface area contributed by atoms with Gasteiger partial charge in [0, 0.05) is 11.8 Å². The van der Waals surface area contributed by atoms with E-state index < -0.39 is 4.84 Å². The number of pyridine rings is 1. The molecule has 0 saturated carbocycles. The Morgan fingerprint density at radius 3 is 2.50 bits per heavy atom. The summed E-state index contributed by atoms with van der Waals surface area (Å²) in [6.45, 7) is 0. The zero-order valence-corrected chi connectivity index (χ0v) is 7.16. The Morgan fingerprint density at radius 1 is 1.40 bits per heavy atom. The molecule has 0 atom stereocenters. The third-order valence-electron chi connectivity index (χ3n) is 1.02. The largest absolute Gasteiger partial charge is 0.244 e. The van der Waals surface area contributed by atoms with E-state index in [0.717, 1.165) is 0 Å². The molecular weight excluding hydrogens is 192 g/mol. The second kappa shape index (κ2) is 3.42. The molecule has 4 heteroatoms. The summed E-state index contributed by atoms with van der Waals surface area (Å²) in [4.78, 5) is 3.20. The van der Waals surface area contributed by atoms with Crippen LogP contribution in [0, 0.1) is 0 Å². The molecule has 0 fully saturated rings. The summed E-state index contributed by atoms with van der Waals surface area (Å²) in [7, 11) is 0. The van der Waals surface area contributed by atoms with Crippen LogP contribution >= 0.6 is 34.8 Å². The van der Waals surface area contributed by atoms with Gasteiger partial charge >= 0.3 is 0 Å². The molecule has 0 N–H and O–H groups in total. The maximum absolute atomic E-state index is 5.64. The van der Waals surface area contributed by atoms with Crippen molar-refractivity contribution in [3.8, 4) is 0 Å². The van der Waals surface area contributed by atoms with E-state index in [4.69, 9.17) is 34.8 Å². The summed E-state index contributed by atoms with van der Waals surface area (Å²) in [5, 5.41) is 0.359. The first-order valence-electron chi connectivity index (χ1n) is 2.60. The summed E-state index contributed by atoms with van der Waals surface area (Å²) in [5.41, 5.74) is 0.646. The van der Waals surface area contributed by atoms with Gasteiger partial charge in [-0.05, 0) is 6.07 Å². The van der Waals surface area contributed by atoms with Crippen LogP contribution in [0.25, 0.3) is 0 Å². The van der Waals surface area contributed by atoms with Crippen LogP contribution in [0.5, 0.6) is 0 Å². The lowest BCUT2D eigenvalue weighted by Gasteiger charge is -2.00. The highest BCUT2D eigenvalue weighted by Gasteiger charge is 2.06. The highest BCUT2D eigenvalue weighted by Crippen LogP contribution is 2.28. The van der Waals surface area contributed by atoms with Gasteiger partial charge in [0.05, 0.1) is 0 Å². The SMILES string of the molecule is Clc1ncccc1C(Cl)Cl. The molecule has 54 valence electrons. The fourth-order valence-corrected chi connectivity index (χ4v) is 1.25. The van der Waals surface area contributed by atoms with Crippen LogP contribution in [0.4, 0.5) is 0 Å². The van der Waals surface area contributed by atoms with E-state index in [-0.39, 0.29) is 0 Å². The first-order valence-corrected chi connectivity index (χ1v) is 3.85. The van der Waals surface area contributed by atoms with E-state index in [1.165, 1.54) is 0 Å². The Bertz CT molecular complexity index is 224. The number of halogens is 3. The van der Waals surface area contributed by atoms with Gasteiger partial charge in [0.1, 0.15) is 9.99 Å². The second-order valence-electron chi connectivity index (χ2n) is 1.68. The summed E-state index contributed by atoms with van der Waals surface area (Å²) in [6.07, 6.45) is 1.59. The molecule has 0 aliphatic rings. The maximum Gasteiger partial charge on any atom is 0.135 e. The minimum absolute atomic E-state index is 0.359. The molecular formula is C6H4Cl3N. The average Bonchev–Trinajstić information content (AvgIpc) is 1.88. The standard InChI is InChI=1S/C6H4Cl3N/c7-5(8)4-2-1-3-10-6(4)9/h1-3,5H. The Labute approximate surface area is 73.9 Å². The first-order chi connectivity index (χ1) is 4.72. The fraction of sp³-hybridized carbons (Fsp3) is 0.167. The van der Waals surface area contributed by atoms with E-state index in [2.05, 4.69) is 4.98 Å². The number of hydrogen-bond donors (Lipinski definition) is 0. The molecule has 1 aromatic rings. The van der Waals surface area contributed by atoms with Gasteiger partial charge in [0.2, 0.25) is 0 Å². The molecule has 10 heavy (non-hydrogen) atoms. The summed E-state index contributed by atoms with van der Waals surface area (Å²) >= 11 is 16.7. The molecule has 0 spiro atoms. The highest BCUT2D eigenvalue weighted by molar-refractivity contribution is 6.45. The van der Waals surface area contributed by atoms with Crippen LogP contribution in [0.2, 0.25) is 5.15 Å². The van der Waals surface area contributed by atoms with E-state index in [1.54, 1.807) is 18.3 Å².